The van der Waals surface area contributed by atoms with E-state index in [-0.39, 0.29) is 12.5 Å². The topological polar surface area (TPSA) is 108 Å². The molecule has 146 valence electrons. The number of carbonyl (C=O) groups is 3. The molecule has 8 heteroatoms. The van der Waals surface area contributed by atoms with Crippen LogP contribution in [0.3, 0.4) is 0 Å². The lowest BCUT2D eigenvalue weighted by Gasteiger charge is -2.19. The zero-order valence-electron chi connectivity index (χ0n) is 15.5. The number of primary amides is 1. The number of nitrogens with zero attached hydrogens (tertiary/aromatic N) is 1. The number of methoxy groups -OCH3 is 1. The first kappa shape index (κ1) is 20.3. The Morgan fingerprint density at radius 2 is 1.93 bits per heavy atom. The molecular formula is C19H24N2O6. The van der Waals surface area contributed by atoms with Crippen molar-refractivity contribution < 1.29 is 28.6 Å². The molecule has 0 spiro atoms. The highest BCUT2D eigenvalue weighted by molar-refractivity contribution is 5.90. The molecule has 0 bridgehead atoms. The van der Waals surface area contributed by atoms with Crippen LogP contribution < -0.4 is 15.2 Å². The third-order valence-electron chi connectivity index (χ3n) is 4.03. The quantitative estimate of drug-likeness (QED) is 0.538. The molecule has 1 atom stereocenters. The molecule has 8 nitrogen and oxygen atoms in total. The van der Waals surface area contributed by atoms with Gasteiger partial charge in [0.2, 0.25) is 0 Å². The van der Waals surface area contributed by atoms with Gasteiger partial charge in [0, 0.05) is 19.2 Å². The minimum atomic E-state index is -0.820. The van der Waals surface area contributed by atoms with Crippen LogP contribution in [-0.2, 0) is 19.1 Å². The summed E-state index contributed by atoms with van der Waals surface area (Å²) in [6.07, 6.45) is 3.92. The molecule has 27 heavy (non-hydrogen) atoms. The zero-order valence-corrected chi connectivity index (χ0v) is 15.5. The lowest BCUT2D eigenvalue weighted by Crippen LogP contribution is -2.37. The van der Waals surface area contributed by atoms with Crippen LogP contribution in [0.2, 0.25) is 0 Å². The molecule has 1 aromatic carbocycles. The molecular weight excluding hydrogens is 352 g/mol. The summed E-state index contributed by atoms with van der Waals surface area (Å²) in [7, 11) is 1.46. The zero-order chi connectivity index (χ0) is 19.8. The summed E-state index contributed by atoms with van der Waals surface area (Å²) < 4.78 is 15.6. The van der Waals surface area contributed by atoms with Crippen molar-refractivity contribution in [2.24, 2.45) is 5.73 Å². The van der Waals surface area contributed by atoms with E-state index in [2.05, 4.69) is 0 Å². The van der Waals surface area contributed by atoms with Crippen LogP contribution in [0.4, 0.5) is 0 Å². The van der Waals surface area contributed by atoms with Gasteiger partial charge in [0.05, 0.1) is 7.11 Å². The van der Waals surface area contributed by atoms with E-state index in [1.165, 1.54) is 19.3 Å². The fourth-order valence-electron chi connectivity index (χ4n) is 2.68. The van der Waals surface area contributed by atoms with Crippen molar-refractivity contribution in [3.8, 4) is 11.5 Å². The molecule has 0 aromatic heterocycles. The predicted molar refractivity (Wildman–Crippen MR) is 98.1 cm³/mol. The lowest BCUT2D eigenvalue weighted by molar-refractivity contribution is -0.154. The highest BCUT2D eigenvalue weighted by atomic mass is 16.5. The molecule has 2 N–H and O–H groups in total. The first-order chi connectivity index (χ1) is 12.9. The van der Waals surface area contributed by atoms with Gasteiger partial charge < -0.3 is 24.8 Å². The molecule has 1 unspecified atom stereocenters. The van der Waals surface area contributed by atoms with Gasteiger partial charge in [-0.3, -0.25) is 9.59 Å². The van der Waals surface area contributed by atoms with Gasteiger partial charge >= 0.3 is 5.97 Å². The first-order valence-electron chi connectivity index (χ1n) is 8.67. The average molecular weight is 376 g/mol. The standard InChI is InChI=1S/C19H24N2O6/c1-13(19(24)21-9-3-4-10-21)27-18(23)8-6-14-5-7-15(16(11-14)25-2)26-12-17(20)22/h5-8,11,13H,3-4,9-10,12H2,1-2H3,(H2,20,22)/b8-6+. The number of hydrogen-bond acceptors (Lipinski definition) is 6. The van der Waals surface area contributed by atoms with Gasteiger partial charge in [0.25, 0.3) is 11.8 Å². The van der Waals surface area contributed by atoms with Crippen molar-refractivity contribution in [1.82, 2.24) is 4.90 Å². The maximum absolute atomic E-state index is 12.1. The van der Waals surface area contributed by atoms with Crippen LogP contribution in [-0.4, -0.2) is 55.6 Å². The van der Waals surface area contributed by atoms with Crippen molar-refractivity contribution in [2.45, 2.75) is 25.9 Å². The maximum atomic E-state index is 12.1. The molecule has 1 aliphatic heterocycles. The van der Waals surface area contributed by atoms with Crippen LogP contribution in [0.25, 0.3) is 6.08 Å². The average Bonchev–Trinajstić information content (AvgIpc) is 3.18. The fraction of sp³-hybridized carbons (Fsp3) is 0.421. The monoisotopic (exact) mass is 376 g/mol. The summed E-state index contributed by atoms with van der Waals surface area (Å²) in [5, 5.41) is 0. The van der Waals surface area contributed by atoms with Crippen LogP contribution in [0.5, 0.6) is 11.5 Å². The molecule has 1 heterocycles. The van der Waals surface area contributed by atoms with Gasteiger partial charge in [-0.2, -0.15) is 0 Å². The second-order valence-electron chi connectivity index (χ2n) is 6.11. The third kappa shape index (κ3) is 6.02. The molecule has 1 saturated heterocycles. The van der Waals surface area contributed by atoms with E-state index < -0.39 is 18.0 Å². The summed E-state index contributed by atoms with van der Waals surface area (Å²) in [4.78, 5) is 36.6. The summed E-state index contributed by atoms with van der Waals surface area (Å²) >= 11 is 0. The number of likely N-dealkylation sites (tertiary alicyclic amines) is 1. The summed E-state index contributed by atoms with van der Waals surface area (Å²) in [5.74, 6) is -0.624. The van der Waals surface area contributed by atoms with Crippen molar-refractivity contribution in [2.75, 3.05) is 26.8 Å². The number of benzene rings is 1. The molecule has 2 rings (SSSR count). The van der Waals surface area contributed by atoms with Gasteiger partial charge in [-0.1, -0.05) is 6.07 Å². The first-order valence-corrected chi connectivity index (χ1v) is 8.67. The highest BCUT2D eigenvalue weighted by Gasteiger charge is 2.25. The van der Waals surface area contributed by atoms with E-state index in [4.69, 9.17) is 19.9 Å². The minimum Gasteiger partial charge on any atom is -0.493 e. The second-order valence-corrected chi connectivity index (χ2v) is 6.11. The van der Waals surface area contributed by atoms with E-state index in [9.17, 15) is 14.4 Å². The normalized spacial score (nSPS) is 14.8. The smallest absolute Gasteiger partial charge is 0.331 e. The molecule has 1 fully saturated rings. The second kappa shape index (κ2) is 9.61. The SMILES string of the molecule is COc1cc(/C=C/C(=O)OC(C)C(=O)N2CCCC2)ccc1OCC(N)=O. The minimum absolute atomic E-state index is 0.174. The van der Waals surface area contributed by atoms with E-state index in [1.807, 2.05) is 0 Å². The molecule has 2 amide bonds. The Bertz CT molecular complexity index is 725. The van der Waals surface area contributed by atoms with Crippen molar-refractivity contribution in [1.29, 1.82) is 0 Å². The molecule has 0 aliphatic carbocycles. The Kier molecular flexibility index (Phi) is 7.22. The van der Waals surface area contributed by atoms with Crippen LogP contribution in [0.15, 0.2) is 24.3 Å². The molecule has 0 radical (unpaired) electrons. The Labute approximate surface area is 157 Å². The largest absolute Gasteiger partial charge is 0.493 e. The number of esters is 1. The van der Waals surface area contributed by atoms with Crippen LogP contribution in [0, 0.1) is 0 Å². The highest BCUT2D eigenvalue weighted by Crippen LogP contribution is 2.28. The third-order valence-corrected chi connectivity index (χ3v) is 4.03. The lowest BCUT2D eigenvalue weighted by atomic mass is 10.2. The molecule has 1 aromatic rings. The number of ether oxygens (including phenoxy) is 3. The van der Waals surface area contributed by atoms with Gasteiger partial charge in [-0.25, -0.2) is 4.79 Å². The fourth-order valence-corrected chi connectivity index (χ4v) is 2.68. The van der Waals surface area contributed by atoms with E-state index in [0.717, 1.165) is 12.8 Å². The number of rotatable bonds is 8. The number of amides is 2. The number of carbonyl (C=O) groups excluding carboxylic acids is 3. The van der Waals surface area contributed by atoms with Crippen LogP contribution >= 0.6 is 0 Å². The summed E-state index contributed by atoms with van der Waals surface area (Å²) in [6, 6.07) is 4.92. The summed E-state index contributed by atoms with van der Waals surface area (Å²) in [5.41, 5.74) is 5.71. The van der Waals surface area contributed by atoms with E-state index in [1.54, 1.807) is 30.0 Å². The van der Waals surface area contributed by atoms with E-state index >= 15 is 0 Å². The maximum Gasteiger partial charge on any atom is 0.331 e. The number of hydrogen-bond donors (Lipinski definition) is 1. The Balaban J connectivity index is 1.94. The van der Waals surface area contributed by atoms with E-state index in [0.29, 0.717) is 30.2 Å². The molecule has 1 aliphatic rings. The predicted octanol–water partition coefficient (Wildman–Crippen LogP) is 1.13. The van der Waals surface area contributed by atoms with Gasteiger partial charge in [-0.15, -0.1) is 0 Å². The van der Waals surface area contributed by atoms with Crippen molar-refractivity contribution in [3.05, 3.63) is 29.8 Å². The Hall–Kier alpha value is -3.03. The number of nitrogens with two attached hydrogens (primary N) is 1. The van der Waals surface area contributed by atoms with Gasteiger partial charge in [0.1, 0.15) is 0 Å². The van der Waals surface area contributed by atoms with Crippen molar-refractivity contribution in [3.63, 3.8) is 0 Å². The molecule has 0 saturated carbocycles. The Morgan fingerprint density at radius 1 is 1.22 bits per heavy atom. The van der Waals surface area contributed by atoms with Gasteiger partial charge in [0.15, 0.2) is 24.2 Å². The van der Waals surface area contributed by atoms with Crippen LogP contribution in [0.1, 0.15) is 25.3 Å². The van der Waals surface area contributed by atoms with Crippen molar-refractivity contribution >= 4 is 23.9 Å². The Morgan fingerprint density at radius 3 is 2.56 bits per heavy atom. The summed E-state index contributed by atoms with van der Waals surface area (Å²) in [6.45, 7) is 2.72. The van der Waals surface area contributed by atoms with Gasteiger partial charge in [-0.05, 0) is 43.5 Å².